The lowest BCUT2D eigenvalue weighted by Gasteiger charge is -2.44. The van der Waals surface area contributed by atoms with Gasteiger partial charge in [0.15, 0.2) is 0 Å². The summed E-state index contributed by atoms with van der Waals surface area (Å²) in [4.78, 5) is 49.3. The number of nitrogens with one attached hydrogen (secondary N) is 2. The van der Waals surface area contributed by atoms with E-state index in [0.29, 0.717) is 50.8 Å². The Labute approximate surface area is 529 Å². The monoisotopic (exact) mass is 1230 g/mol. The third kappa shape index (κ3) is 27.0. The van der Waals surface area contributed by atoms with Crippen molar-refractivity contribution in [3.63, 3.8) is 0 Å². The highest BCUT2D eigenvalue weighted by Gasteiger charge is 2.43. The van der Waals surface area contributed by atoms with Crippen molar-refractivity contribution in [2.75, 3.05) is 65.9 Å². The van der Waals surface area contributed by atoms with Crippen LogP contribution in [0.15, 0.2) is 109 Å². The third-order valence-electron chi connectivity index (χ3n) is 17.3. The molecular weight excluding hydrogens is 1120 g/mol. The number of ether oxygens (including phenoxy) is 10. The average Bonchev–Trinajstić information content (AvgIpc) is 3.59. The normalized spacial score (nSPS) is 13.4. The van der Waals surface area contributed by atoms with Gasteiger partial charge in [0.2, 0.25) is 0 Å². The standard InChI is InChI=1S/C72H112N2O14/c1-53(2)61(75)81-49-43-73-63(77)87-69(13,14)59(55-31-23-21-24-32-55)51-85-71(17,18)65(5,6)39-27-29-45-83-67(9,10)41-47-79-57-35-37-58(38-36-57)80-48-42-68(11,12)84-46-30-28-40-66(7,8)72(19,20)86-52-60(56-33-25-22-26-34-56)70(15,16)88-64(78)74-44-50-82-62(76)54(3)4/h21-26,31-38,59-60H,1,3,27-30,39-52H2,2,4-20H3,(H,73,77)(H,74,78). The zero-order valence-corrected chi connectivity index (χ0v) is 57.1. The summed E-state index contributed by atoms with van der Waals surface area (Å²) >= 11 is 0. The maximum atomic E-state index is 12.9. The molecule has 0 radical (unpaired) electrons. The average molecular weight is 1230 g/mol. The van der Waals surface area contributed by atoms with Crippen molar-refractivity contribution in [2.45, 2.75) is 221 Å². The van der Waals surface area contributed by atoms with Crippen LogP contribution in [0.4, 0.5) is 9.59 Å². The van der Waals surface area contributed by atoms with E-state index >= 15 is 0 Å². The number of carbonyl (C=O) groups excluding carboxylic acids is 4. The van der Waals surface area contributed by atoms with Gasteiger partial charge in [-0.2, -0.15) is 0 Å². The first kappa shape index (κ1) is 76.3. The quantitative estimate of drug-likeness (QED) is 0.0236. The molecule has 0 aromatic heterocycles. The molecule has 0 saturated carbocycles. The van der Waals surface area contributed by atoms with Crippen molar-refractivity contribution in [3.8, 4) is 11.5 Å². The van der Waals surface area contributed by atoms with E-state index in [1.54, 1.807) is 13.8 Å². The van der Waals surface area contributed by atoms with E-state index < -0.39 is 46.5 Å². The van der Waals surface area contributed by atoms with Gasteiger partial charge in [0.25, 0.3) is 0 Å². The maximum absolute atomic E-state index is 12.9. The van der Waals surface area contributed by atoms with Crippen molar-refractivity contribution in [1.29, 1.82) is 0 Å². The van der Waals surface area contributed by atoms with Crippen LogP contribution in [0.25, 0.3) is 0 Å². The lowest BCUT2D eigenvalue weighted by Crippen LogP contribution is -2.46. The van der Waals surface area contributed by atoms with Crippen molar-refractivity contribution >= 4 is 24.1 Å². The summed E-state index contributed by atoms with van der Waals surface area (Å²) in [5.74, 6) is -0.00281. The Bertz CT molecular complexity index is 2430. The molecule has 0 saturated heterocycles. The van der Waals surface area contributed by atoms with Crippen LogP contribution in [0.2, 0.25) is 0 Å². The summed E-state index contributed by atoms with van der Waals surface area (Å²) in [6.07, 6.45) is 5.82. The Hall–Kier alpha value is -5.94. The predicted octanol–water partition coefficient (Wildman–Crippen LogP) is 15.6. The van der Waals surface area contributed by atoms with Gasteiger partial charge < -0.3 is 58.0 Å². The Morgan fingerprint density at radius 1 is 0.420 bits per heavy atom. The predicted molar refractivity (Wildman–Crippen MR) is 349 cm³/mol. The number of esters is 2. The van der Waals surface area contributed by atoms with Crippen molar-refractivity contribution in [3.05, 3.63) is 120 Å². The first-order valence-electron chi connectivity index (χ1n) is 31.5. The van der Waals surface area contributed by atoms with Crippen LogP contribution >= 0.6 is 0 Å². The van der Waals surface area contributed by atoms with Crippen molar-refractivity contribution in [1.82, 2.24) is 10.6 Å². The second kappa shape index (κ2) is 34.9. The minimum absolute atomic E-state index is 0.0110. The molecule has 0 aliphatic heterocycles. The van der Waals surface area contributed by atoms with E-state index in [2.05, 4.69) is 107 Å². The molecule has 0 aliphatic rings. The molecule has 88 heavy (non-hydrogen) atoms. The summed E-state index contributed by atoms with van der Waals surface area (Å²) in [5.41, 5.74) is -1.40. The summed E-state index contributed by atoms with van der Waals surface area (Å²) in [7, 11) is 0. The van der Waals surface area contributed by atoms with Crippen LogP contribution in [0, 0.1) is 10.8 Å². The molecule has 2 amide bonds. The molecule has 2 unspecified atom stereocenters. The van der Waals surface area contributed by atoms with Gasteiger partial charge in [-0.15, -0.1) is 0 Å². The molecule has 0 spiro atoms. The van der Waals surface area contributed by atoms with Gasteiger partial charge in [0.1, 0.15) is 35.9 Å². The summed E-state index contributed by atoms with van der Waals surface area (Å²) < 4.78 is 60.7. The molecule has 0 bridgehead atoms. The number of alkyl carbamates (subject to hydrolysis) is 2. The second-order valence-electron chi connectivity index (χ2n) is 27.8. The molecular formula is C72H112N2O14. The number of hydrogen-bond acceptors (Lipinski definition) is 14. The van der Waals surface area contributed by atoms with E-state index in [-0.39, 0.29) is 60.2 Å². The topological polar surface area (TPSA) is 185 Å². The fraction of sp³-hybridized carbons (Fsp3) is 0.639. The fourth-order valence-electron chi connectivity index (χ4n) is 9.52. The number of benzene rings is 3. The van der Waals surface area contributed by atoms with Crippen LogP contribution in [-0.4, -0.2) is 124 Å². The molecule has 3 rings (SSSR count). The van der Waals surface area contributed by atoms with Crippen LogP contribution in [0.3, 0.4) is 0 Å². The minimum Gasteiger partial charge on any atom is -0.493 e. The molecule has 16 nitrogen and oxygen atoms in total. The Kier molecular flexibility index (Phi) is 30.2. The highest BCUT2D eigenvalue weighted by atomic mass is 16.6. The number of carbonyl (C=O) groups is 4. The highest BCUT2D eigenvalue weighted by Crippen LogP contribution is 2.43. The van der Waals surface area contributed by atoms with E-state index in [1.807, 2.05) is 113 Å². The summed E-state index contributed by atoms with van der Waals surface area (Å²) in [6.45, 7) is 46.9. The van der Waals surface area contributed by atoms with Gasteiger partial charge >= 0.3 is 24.1 Å². The Morgan fingerprint density at radius 3 is 1.07 bits per heavy atom. The lowest BCUT2D eigenvalue weighted by molar-refractivity contribution is -0.139. The summed E-state index contributed by atoms with van der Waals surface area (Å²) in [5, 5.41) is 5.37. The molecule has 3 aromatic rings. The van der Waals surface area contributed by atoms with Crippen LogP contribution in [0.5, 0.6) is 11.5 Å². The lowest BCUT2D eigenvalue weighted by atomic mass is 9.73. The van der Waals surface area contributed by atoms with Gasteiger partial charge in [0, 0.05) is 49.0 Å². The van der Waals surface area contributed by atoms with Gasteiger partial charge in [-0.3, -0.25) is 0 Å². The van der Waals surface area contributed by atoms with E-state index in [4.69, 9.17) is 47.4 Å². The number of amides is 2. The Morgan fingerprint density at radius 2 is 0.750 bits per heavy atom. The second-order valence-corrected chi connectivity index (χ2v) is 27.8. The van der Waals surface area contributed by atoms with Crippen LogP contribution in [-0.2, 0) is 47.5 Å². The van der Waals surface area contributed by atoms with E-state index in [1.165, 1.54) is 0 Å². The molecule has 0 heterocycles. The minimum atomic E-state index is -0.931. The maximum Gasteiger partial charge on any atom is 0.407 e. The van der Waals surface area contributed by atoms with Gasteiger partial charge in [-0.05, 0) is 169 Å². The van der Waals surface area contributed by atoms with Gasteiger partial charge in [-0.25, -0.2) is 19.2 Å². The SMILES string of the molecule is C=C(C)C(=O)OCCNC(=O)OC(C)(C)C(COC(C)(C)C(C)(C)CCCCOC(C)(C)CCOc1ccc(OCCC(C)(C)OCCCCC(C)(C)C(C)(C)OCC(c2ccccc2)C(C)(C)OC(=O)NCCOC(=O)C(=C)C)cc1)c1ccccc1. The van der Waals surface area contributed by atoms with Gasteiger partial charge in [-0.1, -0.05) is 114 Å². The molecule has 494 valence electrons. The molecule has 2 atom stereocenters. The van der Waals surface area contributed by atoms with Crippen molar-refractivity contribution < 1.29 is 66.5 Å². The molecule has 3 aromatic carbocycles. The molecule has 16 heteroatoms. The first-order chi connectivity index (χ1) is 40.9. The van der Waals surface area contributed by atoms with E-state index in [9.17, 15) is 19.2 Å². The number of rotatable bonds is 42. The summed E-state index contributed by atoms with van der Waals surface area (Å²) in [6, 6.07) is 27.7. The largest absolute Gasteiger partial charge is 0.493 e. The van der Waals surface area contributed by atoms with Gasteiger partial charge in [0.05, 0.1) is 61.9 Å². The van der Waals surface area contributed by atoms with Crippen LogP contribution in [0.1, 0.15) is 199 Å². The third-order valence-corrected chi connectivity index (χ3v) is 17.3. The van der Waals surface area contributed by atoms with Crippen LogP contribution < -0.4 is 20.1 Å². The first-order valence-corrected chi connectivity index (χ1v) is 31.5. The number of hydrogen-bond donors (Lipinski definition) is 2. The van der Waals surface area contributed by atoms with E-state index in [0.717, 1.165) is 74.0 Å². The molecule has 0 aliphatic carbocycles. The zero-order chi connectivity index (χ0) is 66.0. The molecule has 2 N–H and O–H groups in total. The Balaban J connectivity index is 1.36. The smallest absolute Gasteiger partial charge is 0.407 e. The number of unbranched alkanes of at least 4 members (excludes halogenated alkanes) is 2. The fourth-order valence-corrected chi connectivity index (χ4v) is 9.52. The van der Waals surface area contributed by atoms with Crippen molar-refractivity contribution in [2.24, 2.45) is 10.8 Å². The zero-order valence-electron chi connectivity index (χ0n) is 57.1. The highest BCUT2D eigenvalue weighted by molar-refractivity contribution is 5.87. The molecule has 0 fully saturated rings.